The van der Waals surface area contributed by atoms with Crippen LogP contribution in [-0.4, -0.2) is 63.1 Å². The fourth-order valence-electron chi connectivity index (χ4n) is 4.36. The van der Waals surface area contributed by atoms with Crippen LogP contribution in [0, 0.1) is 6.92 Å². The van der Waals surface area contributed by atoms with E-state index in [9.17, 15) is 19.5 Å². The first-order valence-corrected chi connectivity index (χ1v) is 13.1. The van der Waals surface area contributed by atoms with Crippen LogP contribution >= 0.6 is 11.8 Å². The summed E-state index contributed by atoms with van der Waals surface area (Å²) in [5.74, 6) is -0.937. The molecule has 1 aliphatic heterocycles. The van der Waals surface area contributed by atoms with Crippen molar-refractivity contribution < 1.29 is 19.5 Å². The molecule has 194 valence electrons. The molecule has 9 heteroatoms. The molecule has 5 N–H and O–H groups in total. The van der Waals surface area contributed by atoms with Gasteiger partial charge in [-0.2, -0.15) is 0 Å². The number of nitrogens with two attached hydrogens (primary N) is 1. The average molecular weight is 513 g/mol. The van der Waals surface area contributed by atoms with Gasteiger partial charge in [0.1, 0.15) is 6.04 Å². The predicted molar refractivity (Wildman–Crippen MR) is 142 cm³/mol. The molecule has 0 saturated carbocycles. The zero-order valence-corrected chi connectivity index (χ0v) is 21.9. The lowest BCUT2D eigenvalue weighted by Crippen LogP contribution is -2.58. The number of carbonyl (C=O) groups excluding carboxylic acids is 3. The molecule has 3 amide bonds. The SMILES string of the molecule is Cc1ccccc1CNC(=O)[C@H]1N(C(=O)[C@@H](O)[C@H](Cc2ccccc2)NC(=O)CCN)CSC1(C)C. The van der Waals surface area contributed by atoms with E-state index in [-0.39, 0.29) is 37.1 Å². The fraction of sp³-hybridized carbons (Fsp3) is 0.444. The van der Waals surface area contributed by atoms with E-state index in [4.69, 9.17) is 5.73 Å². The second kappa shape index (κ2) is 12.4. The summed E-state index contributed by atoms with van der Waals surface area (Å²) in [6.07, 6.45) is -1.17. The molecule has 0 aromatic heterocycles. The van der Waals surface area contributed by atoms with Gasteiger partial charge >= 0.3 is 0 Å². The summed E-state index contributed by atoms with van der Waals surface area (Å²) >= 11 is 1.48. The standard InChI is InChI=1S/C27H36N4O4S/c1-18-9-7-8-12-20(18)16-29-25(34)24-27(2,3)36-17-31(24)26(35)23(33)21(30-22(32)13-14-28)15-19-10-5-4-6-11-19/h4-12,21,23-24,33H,13-17,28H2,1-3H3,(H,29,34)(H,30,32)/t21-,23-,24+/m0/s1. The molecule has 0 bridgehead atoms. The van der Waals surface area contributed by atoms with Crippen LogP contribution in [0.25, 0.3) is 0 Å². The Morgan fingerprint density at radius 3 is 2.47 bits per heavy atom. The van der Waals surface area contributed by atoms with Gasteiger partial charge in [-0.05, 0) is 43.9 Å². The van der Waals surface area contributed by atoms with Crippen LogP contribution in [0.15, 0.2) is 54.6 Å². The third-order valence-corrected chi connectivity index (χ3v) is 7.82. The third-order valence-electron chi connectivity index (χ3n) is 6.44. The minimum absolute atomic E-state index is 0.0860. The van der Waals surface area contributed by atoms with Gasteiger partial charge in [0.2, 0.25) is 11.8 Å². The van der Waals surface area contributed by atoms with Crippen molar-refractivity contribution in [1.29, 1.82) is 0 Å². The largest absolute Gasteiger partial charge is 0.381 e. The number of nitrogens with one attached hydrogen (secondary N) is 2. The van der Waals surface area contributed by atoms with Gasteiger partial charge in [0, 0.05) is 24.3 Å². The van der Waals surface area contributed by atoms with Crippen molar-refractivity contribution >= 4 is 29.5 Å². The first-order chi connectivity index (χ1) is 17.1. The monoisotopic (exact) mass is 512 g/mol. The number of rotatable bonds is 10. The van der Waals surface area contributed by atoms with Crippen LogP contribution in [0.3, 0.4) is 0 Å². The summed E-state index contributed by atoms with van der Waals surface area (Å²) < 4.78 is -0.553. The van der Waals surface area contributed by atoms with E-state index >= 15 is 0 Å². The number of nitrogens with zero attached hydrogens (tertiary/aromatic N) is 1. The van der Waals surface area contributed by atoms with E-state index in [2.05, 4.69) is 10.6 Å². The lowest BCUT2D eigenvalue weighted by molar-refractivity contribution is -0.147. The molecule has 3 rings (SSSR count). The Kier molecular flexibility index (Phi) is 9.53. The summed E-state index contributed by atoms with van der Waals surface area (Å²) in [7, 11) is 0. The maximum atomic E-state index is 13.6. The van der Waals surface area contributed by atoms with Gasteiger partial charge < -0.3 is 26.4 Å². The van der Waals surface area contributed by atoms with Crippen molar-refractivity contribution in [1.82, 2.24) is 15.5 Å². The molecule has 1 heterocycles. The molecule has 1 fully saturated rings. The number of benzene rings is 2. The van der Waals surface area contributed by atoms with Crippen LogP contribution in [0.4, 0.5) is 0 Å². The van der Waals surface area contributed by atoms with E-state index in [0.717, 1.165) is 16.7 Å². The van der Waals surface area contributed by atoms with E-state index in [0.29, 0.717) is 6.54 Å². The Bertz CT molecular complexity index is 1060. The van der Waals surface area contributed by atoms with Crippen molar-refractivity contribution in [3.8, 4) is 0 Å². The van der Waals surface area contributed by atoms with Crippen LogP contribution in [-0.2, 0) is 27.3 Å². The molecule has 3 atom stereocenters. The molecule has 8 nitrogen and oxygen atoms in total. The maximum absolute atomic E-state index is 13.6. The molecule has 1 aliphatic rings. The van der Waals surface area contributed by atoms with Gasteiger partial charge in [-0.3, -0.25) is 14.4 Å². The van der Waals surface area contributed by atoms with Gasteiger partial charge in [0.25, 0.3) is 5.91 Å². The minimum Gasteiger partial charge on any atom is -0.381 e. The fourth-order valence-corrected chi connectivity index (χ4v) is 5.50. The number of aliphatic hydroxyl groups is 1. The quantitative estimate of drug-likeness (QED) is 0.384. The highest BCUT2D eigenvalue weighted by atomic mass is 32.2. The van der Waals surface area contributed by atoms with Crippen molar-refractivity contribution in [2.24, 2.45) is 5.73 Å². The van der Waals surface area contributed by atoms with Crippen LogP contribution < -0.4 is 16.4 Å². The van der Waals surface area contributed by atoms with Gasteiger partial charge in [-0.1, -0.05) is 54.6 Å². The first-order valence-electron chi connectivity index (χ1n) is 12.1. The summed E-state index contributed by atoms with van der Waals surface area (Å²) in [6.45, 7) is 6.32. The van der Waals surface area contributed by atoms with Crippen LogP contribution in [0.2, 0.25) is 0 Å². The Hall–Kier alpha value is -2.88. The highest BCUT2D eigenvalue weighted by Gasteiger charge is 2.49. The third kappa shape index (κ3) is 6.87. The highest BCUT2D eigenvalue weighted by Crippen LogP contribution is 2.40. The summed E-state index contributed by atoms with van der Waals surface area (Å²) in [5, 5.41) is 16.9. The summed E-state index contributed by atoms with van der Waals surface area (Å²) in [5.41, 5.74) is 8.44. The molecule has 1 saturated heterocycles. The molecule has 0 spiro atoms. The molecular formula is C27H36N4O4S. The number of aliphatic hydroxyl groups excluding tert-OH is 1. The minimum atomic E-state index is -1.52. The number of carbonyl (C=O) groups is 3. The summed E-state index contributed by atoms with van der Waals surface area (Å²) in [4.78, 5) is 40.6. The lowest BCUT2D eigenvalue weighted by atomic mass is 9.97. The Morgan fingerprint density at radius 1 is 1.14 bits per heavy atom. The van der Waals surface area contributed by atoms with Crippen molar-refractivity contribution in [2.75, 3.05) is 12.4 Å². The molecular weight excluding hydrogens is 476 g/mol. The van der Waals surface area contributed by atoms with Gasteiger partial charge in [-0.25, -0.2) is 0 Å². The first kappa shape index (κ1) is 27.7. The maximum Gasteiger partial charge on any atom is 0.254 e. The number of aryl methyl sites for hydroxylation is 1. The number of hydrogen-bond acceptors (Lipinski definition) is 6. The van der Waals surface area contributed by atoms with Crippen molar-refractivity contribution in [3.05, 3.63) is 71.3 Å². The van der Waals surface area contributed by atoms with E-state index < -0.39 is 28.8 Å². The topological polar surface area (TPSA) is 125 Å². The molecule has 36 heavy (non-hydrogen) atoms. The van der Waals surface area contributed by atoms with E-state index in [1.54, 1.807) is 0 Å². The predicted octanol–water partition coefficient (Wildman–Crippen LogP) is 1.73. The Balaban J connectivity index is 1.77. The van der Waals surface area contributed by atoms with Gasteiger partial charge in [0.15, 0.2) is 6.10 Å². The second-order valence-electron chi connectivity index (χ2n) is 9.58. The highest BCUT2D eigenvalue weighted by molar-refractivity contribution is 8.00. The van der Waals surface area contributed by atoms with Gasteiger partial charge in [-0.15, -0.1) is 11.8 Å². The second-order valence-corrected chi connectivity index (χ2v) is 11.2. The number of thioether (sulfide) groups is 1. The van der Waals surface area contributed by atoms with Crippen LogP contribution in [0.1, 0.15) is 37.0 Å². The van der Waals surface area contributed by atoms with E-state index in [1.807, 2.05) is 75.4 Å². The number of hydrogen-bond donors (Lipinski definition) is 4. The normalized spacial score (nSPS) is 18.4. The molecule has 0 aliphatic carbocycles. The van der Waals surface area contributed by atoms with Gasteiger partial charge in [0.05, 0.1) is 11.9 Å². The Morgan fingerprint density at radius 2 is 1.81 bits per heavy atom. The Labute approximate surface area is 217 Å². The molecule has 2 aromatic carbocycles. The van der Waals surface area contributed by atoms with Crippen molar-refractivity contribution in [2.45, 2.75) is 63.1 Å². The zero-order valence-electron chi connectivity index (χ0n) is 21.1. The summed E-state index contributed by atoms with van der Waals surface area (Å²) in [6, 6.07) is 15.5. The molecule has 2 aromatic rings. The van der Waals surface area contributed by atoms with Crippen LogP contribution in [0.5, 0.6) is 0 Å². The average Bonchev–Trinajstić information content (AvgIpc) is 3.17. The number of amides is 3. The smallest absolute Gasteiger partial charge is 0.254 e. The zero-order chi connectivity index (χ0) is 26.3. The van der Waals surface area contributed by atoms with Crippen molar-refractivity contribution in [3.63, 3.8) is 0 Å². The van der Waals surface area contributed by atoms with E-state index in [1.165, 1.54) is 16.7 Å². The lowest BCUT2D eigenvalue weighted by Gasteiger charge is -2.33. The molecule has 0 radical (unpaired) electrons. The molecule has 0 unspecified atom stereocenters.